The van der Waals surface area contributed by atoms with Crippen molar-refractivity contribution in [3.8, 4) is 0 Å². The highest BCUT2D eigenvalue weighted by Crippen LogP contribution is 2.43. The molecule has 0 aromatic rings. The zero-order chi connectivity index (χ0) is 54.9. The topological polar surface area (TPSA) is 105 Å². The van der Waals surface area contributed by atoms with E-state index in [1.165, 1.54) is 250 Å². The van der Waals surface area contributed by atoms with E-state index in [1.54, 1.807) is 6.08 Å². The van der Waals surface area contributed by atoms with Gasteiger partial charge in [-0.25, -0.2) is 4.57 Å². The summed E-state index contributed by atoms with van der Waals surface area (Å²) in [5.74, 6) is -0.187. The van der Waals surface area contributed by atoms with Crippen LogP contribution in [0.2, 0.25) is 0 Å². The van der Waals surface area contributed by atoms with Gasteiger partial charge in [0.15, 0.2) is 0 Å². The van der Waals surface area contributed by atoms with Gasteiger partial charge in [-0.15, -0.1) is 0 Å². The Morgan fingerprint density at radius 2 is 0.733 bits per heavy atom. The summed E-state index contributed by atoms with van der Waals surface area (Å²) in [5.41, 5.74) is 0. The predicted octanol–water partition coefficient (Wildman–Crippen LogP) is 20.3. The Hall–Kier alpha value is -1.54. The highest BCUT2D eigenvalue weighted by atomic mass is 31.2. The quantitative estimate of drug-likeness (QED) is 0.0243. The molecule has 0 aliphatic carbocycles. The smallest absolute Gasteiger partial charge is 0.387 e. The number of nitrogens with zero attached hydrogens (tertiary/aromatic N) is 1. The van der Waals surface area contributed by atoms with Crippen LogP contribution in [0.4, 0.5) is 0 Å². The second-order valence-corrected chi connectivity index (χ2v) is 24.9. The van der Waals surface area contributed by atoms with Crippen molar-refractivity contribution >= 4 is 13.7 Å². The van der Waals surface area contributed by atoms with Gasteiger partial charge in [0.1, 0.15) is 13.2 Å². The summed E-state index contributed by atoms with van der Waals surface area (Å²) in [5, 5.41) is 14.0. The van der Waals surface area contributed by atoms with Gasteiger partial charge in [0.25, 0.3) is 0 Å². The minimum Gasteiger partial charge on any atom is -0.387 e. The van der Waals surface area contributed by atoms with Crippen LogP contribution in [0, 0.1) is 0 Å². The zero-order valence-electron chi connectivity index (χ0n) is 50.6. The highest BCUT2D eigenvalue weighted by Gasteiger charge is 2.27. The number of rotatable bonds is 60. The van der Waals surface area contributed by atoms with Crippen LogP contribution in [0.1, 0.15) is 316 Å². The standard InChI is InChI=1S/C66H127N2O6P/c1-6-8-10-12-14-16-18-20-22-24-26-28-30-32-33-34-36-37-39-41-43-45-47-49-51-53-55-57-59-65(69)64(63-74-75(71,72)73-62-61-68(3,4)5)67-66(70)60-58-56-54-52-50-48-46-44-42-40-38-35-31-29-27-25-23-21-19-17-15-13-11-9-7-2/h25,27,41,43,49,51,57,59,64-65,69H,6-24,26,28-40,42,44-48,50,52-56,58,60-63H2,1-5H3,(H-,67,70,71,72)/p+1/b27-25-,43-41+,51-49+,59-57+. The molecule has 3 atom stereocenters. The Morgan fingerprint density at radius 3 is 1.07 bits per heavy atom. The Kier molecular flexibility index (Phi) is 56.0. The number of nitrogens with one attached hydrogen (secondary N) is 1. The molecule has 0 saturated carbocycles. The number of phosphoric ester groups is 1. The van der Waals surface area contributed by atoms with Crippen LogP contribution in [-0.2, 0) is 18.4 Å². The first-order chi connectivity index (χ1) is 36.5. The first kappa shape index (κ1) is 73.5. The number of quaternary nitrogens is 1. The molecule has 0 aromatic carbocycles. The molecule has 0 saturated heterocycles. The van der Waals surface area contributed by atoms with E-state index in [2.05, 4.69) is 55.6 Å². The van der Waals surface area contributed by atoms with Crippen LogP contribution in [0.15, 0.2) is 48.6 Å². The second-order valence-electron chi connectivity index (χ2n) is 23.5. The molecule has 3 N–H and O–H groups in total. The molecule has 3 unspecified atom stereocenters. The van der Waals surface area contributed by atoms with E-state index in [9.17, 15) is 19.4 Å². The summed E-state index contributed by atoms with van der Waals surface area (Å²) >= 11 is 0. The van der Waals surface area contributed by atoms with Crippen LogP contribution in [-0.4, -0.2) is 73.4 Å². The summed E-state index contributed by atoms with van der Waals surface area (Å²) in [7, 11) is 1.55. The van der Waals surface area contributed by atoms with Crippen LogP contribution < -0.4 is 5.32 Å². The molecule has 8 nitrogen and oxygen atoms in total. The van der Waals surface area contributed by atoms with E-state index >= 15 is 0 Å². The Morgan fingerprint density at radius 1 is 0.440 bits per heavy atom. The van der Waals surface area contributed by atoms with Crippen molar-refractivity contribution in [1.82, 2.24) is 5.32 Å². The number of hydrogen-bond acceptors (Lipinski definition) is 5. The Bertz CT molecular complexity index is 1360. The van der Waals surface area contributed by atoms with E-state index in [4.69, 9.17) is 9.05 Å². The summed E-state index contributed by atoms with van der Waals surface area (Å²) in [6.07, 6.45) is 76.7. The molecule has 0 aromatic heterocycles. The lowest BCUT2D eigenvalue weighted by molar-refractivity contribution is -0.870. The molecule has 0 spiro atoms. The lowest BCUT2D eigenvalue weighted by atomic mass is 10.0. The molecular formula is C66H128N2O6P+. The van der Waals surface area contributed by atoms with Crippen LogP contribution in [0.5, 0.6) is 0 Å². The fourth-order valence-corrected chi connectivity index (χ4v) is 10.4. The maximum atomic E-state index is 13.0. The zero-order valence-corrected chi connectivity index (χ0v) is 51.4. The van der Waals surface area contributed by atoms with Gasteiger partial charge < -0.3 is 19.8 Å². The van der Waals surface area contributed by atoms with Crippen LogP contribution in [0.3, 0.4) is 0 Å². The molecule has 1 amide bonds. The van der Waals surface area contributed by atoms with Crippen LogP contribution in [0.25, 0.3) is 0 Å². The van der Waals surface area contributed by atoms with Crippen molar-refractivity contribution in [1.29, 1.82) is 0 Å². The average Bonchev–Trinajstić information content (AvgIpc) is 3.37. The average molecular weight is 1080 g/mol. The number of aliphatic hydroxyl groups is 1. The Balaban J connectivity index is 4.19. The van der Waals surface area contributed by atoms with E-state index in [0.29, 0.717) is 17.4 Å². The molecule has 0 rings (SSSR count). The maximum absolute atomic E-state index is 13.0. The maximum Gasteiger partial charge on any atom is 0.472 e. The highest BCUT2D eigenvalue weighted by molar-refractivity contribution is 7.47. The second kappa shape index (κ2) is 57.2. The fourth-order valence-electron chi connectivity index (χ4n) is 9.66. The van der Waals surface area contributed by atoms with Crippen molar-refractivity contribution in [3.05, 3.63) is 48.6 Å². The molecule has 0 heterocycles. The third-order valence-electron chi connectivity index (χ3n) is 14.7. The van der Waals surface area contributed by atoms with Crippen molar-refractivity contribution < 1.29 is 32.9 Å². The van der Waals surface area contributed by atoms with Gasteiger partial charge in [0, 0.05) is 6.42 Å². The molecule has 0 aliphatic heterocycles. The first-order valence-electron chi connectivity index (χ1n) is 32.5. The minimum absolute atomic E-state index is 0.0537. The monoisotopic (exact) mass is 1080 g/mol. The van der Waals surface area contributed by atoms with Crippen molar-refractivity contribution in [3.63, 3.8) is 0 Å². The number of carbonyl (C=O) groups is 1. The molecule has 442 valence electrons. The number of carbonyl (C=O) groups excluding carboxylic acids is 1. The predicted molar refractivity (Wildman–Crippen MR) is 327 cm³/mol. The number of phosphoric acid groups is 1. The van der Waals surface area contributed by atoms with Gasteiger partial charge in [0.05, 0.1) is 39.9 Å². The van der Waals surface area contributed by atoms with Gasteiger partial charge in [-0.1, -0.05) is 287 Å². The normalized spacial score (nSPS) is 14.1. The fraction of sp³-hybridized carbons (Fsp3) is 0.864. The lowest BCUT2D eigenvalue weighted by Gasteiger charge is -2.25. The van der Waals surface area contributed by atoms with Crippen molar-refractivity contribution in [2.75, 3.05) is 40.9 Å². The first-order valence-corrected chi connectivity index (χ1v) is 34.0. The summed E-state index contributed by atoms with van der Waals surface area (Å²) < 4.78 is 23.8. The van der Waals surface area contributed by atoms with Gasteiger partial charge in [-0.3, -0.25) is 13.8 Å². The molecule has 0 bridgehead atoms. The third-order valence-corrected chi connectivity index (χ3v) is 15.7. The number of likely N-dealkylation sites (N-methyl/N-ethyl adjacent to an activating group) is 1. The lowest BCUT2D eigenvalue weighted by Crippen LogP contribution is -2.45. The molecule has 75 heavy (non-hydrogen) atoms. The minimum atomic E-state index is -4.36. The van der Waals surface area contributed by atoms with E-state index in [-0.39, 0.29) is 19.1 Å². The molecular weight excluding hydrogens is 948 g/mol. The third kappa shape index (κ3) is 60.0. The van der Waals surface area contributed by atoms with Gasteiger partial charge >= 0.3 is 7.82 Å². The number of hydrogen-bond donors (Lipinski definition) is 3. The Labute approximate surface area is 467 Å². The number of aliphatic hydroxyl groups excluding tert-OH is 1. The van der Waals surface area contributed by atoms with Crippen LogP contribution >= 0.6 is 7.82 Å². The van der Waals surface area contributed by atoms with E-state index in [0.717, 1.165) is 44.9 Å². The SMILES string of the molecule is CCCCCCCCCC/C=C\CCCCCCCCCCCCCCCC(=O)NC(COP(=O)(O)OCC[N+](C)(C)C)C(O)/C=C/CC/C=C/CC/C=C/CCCCCCCCCCCCCCCCCCCC. The summed E-state index contributed by atoms with van der Waals surface area (Å²) in [6, 6.07) is -0.871. The summed E-state index contributed by atoms with van der Waals surface area (Å²) in [6.45, 7) is 4.83. The summed E-state index contributed by atoms with van der Waals surface area (Å²) in [4.78, 5) is 23.4. The van der Waals surface area contributed by atoms with Gasteiger partial charge in [0.2, 0.25) is 5.91 Å². The number of unbranched alkanes of at least 4 members (excludes halogenated alkanes) is 41. The largest absolute Gasteiger partial charge is 0.472 e. The van der Waals surface area contributed by atoms with Gasteiger partial charge in [-0.05, 0) is 70.6 Å². The van der Waals surface area contributed by atoms with E-state index in [1.807, 2.05) is 27.2 Å². The molecule has 0 fully saturated rings. The van der Waals surface area contributed by atoms with Crippen molar-refractivity contribution in [2.24, 2.45) is 0 Å². The number of allylic oxidation sites excluding steroid dienone is 7. The van der Waals surface area contributed by atoms with Crippen molar-refractivity contribution in [2.45, 2.75) is 328 Å². The number of amides is 1. The molecule has 9 heteroatoms. The molecule has 0 aliphatic rings. The molecule has 0 radical (unpaired) electrons. The van der Waals surface area contributed by atoms with E-state index < -0.39 is 20.0 Å². The van der Waals surface area contributed by atoms with Gasteiger partial charge in [-0.2, -0.15) is 0 Å².